The largest absolute Gasteiger partial charge is 0.493 e. The Labute approximate surface area is 191 Å². The van der Waals surface area contributed by atoms with Crippen molar-refractivity contribution in [2.45, 2.75) is 12.8 Å². The van der Waals surface area contributed by atoms with E-state index in [-0.39, 0.29) is 5.76 Å². The van der Waals surface area contributed by atoms with Gasteiger partial charge >= 0.3 is 5.97 Å². The van der Waals surface area contributed by atoms with E-state index in [9.17, 15) is 4.79 Å². The molecule has 0 aliphatic rings. The van der Waals surface area contributed by atoms with Gasteiger partial charge < -0.3 is 14.2 Å². The number of carbonyl (C=O) groups excluding carboxylic acids is 1. The summed E-state index contributed by atoms with van der Waals surface area (Å²) in [4.78, 5) is 16.9. The van der Waals surface area contributed by atoms with E-state index in [0.29, 0.717) is 32.7 Å². The van der Waals surface area contributed by atoms with E-state index in [1.165, 1.54) is 19.5 Å². The molecule has 1 atom stereocenters. The number of aromatic nitrogens is 1. The van der Waals surface area contributed by atoms with Gasteiger partial charge in [0, 0.05) is 23.5 Å². The van der Waals surface area contributed by atoms with Gasteiger partial charge in [-0.1, -0.05) is 53.5 Å². The van der Waals surface area contributed by atoms with E-state index in [0.717, 1.165) is 5.56 Å². The summed E-state index contributed by atoms with van der Waals surface area (Å²) in [5.74, 6) is 0.407. The highest BCUT2D eigenvalue weighted by molar-refractivity contribution is 6.37. The molecule has 0 aliphatic heterocycles. The predicted octanol–water partition coefficient (Wildman–Crippen LogP) is 6.25. The number of rotatable bonds is 7. The third-order valence-electron chi connectivity index (χ3n) is 4.70. The monoisotopic (exact) mass is 457 g/mol. The molecule has 1 aromatic heterocycles. The molecule has 2 aromatic carbocycles. The van der Waals surface area contributed by atoms with Crippen molar-refractivity contribution in [1.82, 2.24) is 4.98 Å². The van der Waals surface area contributed by atoms with Crippen LogP contribution >= 0.6 is 23.2 Å². The quantitative estimate of drug-likeness (QED) is 0.309. The fourth-order valence-corrected chi connectivity index (χ4v) is 3.40. The lowest BCUT2D eigenvalue weighted by Gasteiger charge is -2.16. The number of hydrogen-bond donors (Lipinski definition) is 0. The number of nitrogens with zero attached hydrogens (tertiary/aromatic N) is 1. The SMILES string of the molecule is COc1ccc(/C(=C/c2c(Cl)cncc2Cl)OC(=O)[C@H](C)c2ccccc2)cc1OC. The maximum absolute atomic E-state index is 13.0. The van der Waals surface area contributed by atoms with Crippen molar-refractivity contribution in [3.05, 3.63) is 87.7 Å². The lowest BCUT2D eigenvalue weighted by molar-refractivity contribution is -0.137. The van der Waals surface area contributed by atoms with Crippen LogP contribution in [0.5, 0.6) is 11.5 Å². The number of carbonyl (C=O) groups is 1. The summed E-state index contributed by atoms with van der Waals surface area (Å²) in [5.41, 5.74) is 1.93. The molecular weight excluding hydrogens is 437 g/mol. The summed E-state index contributed by atoms with van der Waals surface area (Å²) in [7, 11) is 3.08. The maximum atomic E-state index is 13.0. The Hall–Kier alpha value is -3.02. The van der Waals surface area contributed by atoms with Crippen molar-refractivity contribution in [1.29, 1.82) is 0 Å². The number of benzene rings is 2. The molecule has 0 unspecified atom stereocenters. The molecule has 31 heavy (non-hydrogen) atoms. The van der Waals surface area contributed by atoms with Crippen LogP contribution in [0.25, 0.3) is 11.8 Å². The van der Waals surface area contributed by atoms with Crippen LogP contribution in [0, 0.1) is 0 Å². The van der Waals surface area contributed by atoms with Gasteiger partial charge in [0.25, 0.3) is 0 Å². The minimum absolute atomic E-state index is 0.267. The third kappa shape index (κ3) is 5.37. The Morgan fingerprint density at radius 1 is 0.968 bits per heavy atom. The van der Waals surface area contributed by atoms with E-state index in [1.54, 1.807) is 38.3 Å². The lowest BCUT2D eigenvalue weighted by atomic mass is 10.0. The molecule has 0 amide bonds. The topological polar surface area (TPSA) is 57.7 Å². The van der Waals surface area contributed by atoms with Crippen molar-refractivity contribution >= 4 is 41.0 Å². The van der Waals surface area contributed by atoms with Crippen LogP contribution in [-0.2, 0) is 9.53 Å². The minimum atomic E-state index is -0.479. The second-order valence-electron chi connectivity index (χ2n) is 6.65. The van der Waals surface area contributed by atoms with E-state index in [2.05, 4.69) is 4.98 Å². The molecular formula is C24H21Cl2NO4. The first-order chi connectivity index (χ1) is 14.9. The maximum Gasteiger partial charge on any atom is 0.318 e. The molecule has 0 fully saturated rings. The first-order valence-corrected chi connectivity index (χ1v) is 10.2. The molecule has 5 nitrogen and oxygen atoms in total. The standard InChI is InChI=1S/C24H21Cl2NO4/c1-15(16-7-5-4-6-8-16)24(28)31-22(12-18-19(25)13-27-14-20(18)26)17-9-10-21(29-2)23(11-17)30-3/h4-15H,1-3H3/b22-12-/t15-/m1/s1. The van der Waals surface area contributed by atoms with Crippen LogP contribution in [0.2, 0.25) is 10.0 Å². The zero-order chi connectivity index (χ0) is 22.4. The summed E-state index contributed by atoms with van der Waals surface area (Å²) in [6.07, 6.45) is 4.56. The Kier molecular flexibility index (Phi) is 7.55. The number of esters is 1. The minimum Gasteiger partial charge on any atom is -0.493 e. The van der Waals surface area contributed by atoms with Crippen molar-refractivity contribution in [2.75, 3.05) is 14.2 Å². The van der Waals surface area contributed by atoms with Gasteiger partial charge in [-0.15, -0.1) is 0 Å². The molecule has 0 saturated carbocycles. The first kappa shape index (κ1) is 22.7. The van der Waals surface area contributed by atoms with Gasteiger partial charge in [-0.25, -0.2) is 0 Å². The number of methoxy groups -OCH3 is 2. The number of halogens is 2. The summed E-state index contributed by atoms with van der Waals surface area (Å²) in [6.45, 7) is 1.79. The van der Waals surface area contributed by atoms with Crippen LogP contribution in [0.3, 0.4) is 0 Å². The zero-order valence-electron chi connectivity index (χ0n) is 17.3. The highest BCUT2D eigenvalue weighted by atomic mass is 35.5. The summed E-state index contributed by atoms with van der Waals surface area (Å²) < 4.78 is 16.5. The van der Waals surface area contributed by atoms with E-state index in [4.69, 9.17) is 37.4 Å². The predicted molar refractivity (Wildman–Crippen MR) is 123 cm³/mol. The van der Waals surface area contributed by atoms with Crippen LogP contribution in [0.1, 0.15) is 29.5 Å². The number of hydrogen-bond acceptors (Lipinski definition) is 5. The second-order valence-corrected chi connectivity index (χ2v) is 7.46. The molecule has 1 heterocycles. The molecule has 3 aromatic rings. The smallest absolute Gasteiger partial charge is 0.318 e. The molecule has 160 valence electrons. The van der Waals surface area contributed by atoms with Gasteiger partial charge in [0.15, 0.2) is 11.5 Å². The van der Waals surface area contributed by atoms with Gasteiger partial charge in [0.05, 0.1) is 30.2 Å². The fourth-order valence-electron chi connectivity index (χ4n) is 2.93. The molecule has 3 rings (SSSR count). The van der Waals surface area contributed by atoms with Crippen molar-refractivity contribution < 1.29 is 19.0 Å². The van der Waals surface area contributed by atoms with Gasteiger partial charge in [0.2, 0.25) is 0 Å². The van der Waals surface area contributed by atoms with E-state index < -0.39 is 11.9 Å². The highest BCUT2D eigenvalue weighted by Crippen LogP contribution is 2.34. The molecule has 7 heteroatoms. The summed E-state index contributed by atoms with van der Waals surface area (Å²) >= 11 is 12.6. The second kappa shape index (κ2) is 10.3. The lowest BCUT2D eigenvalue weighted by Crippen LogP contribution is -2.13. The molecule has 0 saturated heterocycles. The number of ether oxygens (including phenoxy) is 3. The van der Waals surface area contributed by atoms with Crippen LogP contribution in [0.15, 0.2) is 60.9 Å². The average Bonchev–Trinajstić information content (AvgIpc) is 2.80. The Bertz CT molecular complexity index is 1080. The Balaban J connectivity index is 2.05. The molecule has 0 radical (unpaired) electrons. The van der Waals surface area contributed by atoms with Crippen molar-refractivity contribution in [3.8, 4) is 11.5 Å². The molecule has 0 N–H and O–H groups in total. The Morgan fingerprint density at radius 3 is 2.23 bits per heavy atom. The van der Waals surface area contributed by atoms with Crippen LogP contribution < -0.4 is 9.47 Å². The van der Waals surface area contributed by atoms with Gasteiger partial charge in [-0.05, 0) is 36.8 Å². The van der Waals surface area contributed by atoms with Crippen molar-refractivity contribution in [2.24, 2.45) is 0 Å². The third-order valence-corrected chi connectivity index (χ3v) is 5.30. The van der Waals surface area contributed by atoms with Crippen LogP contribution in [-0.4, -0.2) is 25.2 Å². The van der Waals surface area contributed by atoms with E-state index >= 15 is 0 Å². The first-order valence-electron chi connectivity index (χ1n) is 9.44. The Morgan fingerprint density at radius 2 is 1.61 bits per heavy atom. The van der Waals surface area contributed by atoms with Gasteiger partial charge in [-0.3, -0.25) is 9.78 Å². The van der Waals surface area contributed by atoms with E-state index in [1.807, 2.05) is 30.3 Å². The van der Waals surface area contributed by atoms with Gasteiger partial charge in [-0.2, -0.15) is 0 Å². The zero-order valence-corrected chi connectivity index (χ0v) is 18.8. The molecule has 0 spiro atoms. The summed E-state index contributed by atoms with van der Waals surface area (Å²) in [5, 5.41) is 0.662. The highest BCUT2D eigenvalue weighted by Gasteiger charge is 2.21. The molecule has 0 aliphatic carbocycles. The molecule has 0 bridgehead atoms. The normalized spacial score (nSPS) is 12.2. The number of pyridine rings is 1. The average molecular weight is 458 g/mol. The van der Waals surface area contributed by atoms with Gasteiger partial charge in [0.1, 0.15) is 5.76 Å². The summed E-state index contributed by atoms with van der Waals surface area (Å²) in [6, 6.07) is 14.6. The van der Waals surface area contributed by atoms with Crippen molar-refractivity contribution in [3.63, 3.8) is 0 Å². The van der Waals surface area contributed by atoms with Crippen LogP contribution in [0.4, 0.5) is 0 Å². The fraction of sp³-hybridized carbons (Fsp3) is 0.167.